The topological polar surface area (TPSA) is 34.1 Å². The normalized spacial score (nSPS) is 10.2. The number of hydrogen-bond acceptors (Lipinski definition) is 3. The number of pyridine rings is 1. The minimum Gasteiger partial charge on any atom is -0.497 e. The Labute approximate surface area is 110 Å². The second kappa shape index (κ2) is 5.23. The smallest absolute Gasteiger partial charge is 0.213 e. The first-order valence-corrected chi connectivity index (χ1v) is 5.71. The third kappa shape index (κ3) is 2.71. The molecule has 0 spiro atoms. The Kier molecular flexibility index (Phi) is 3.67. The summed E-state index contributed by atoms with van der Waals surface area (Å²) in [6.45, 7) is 1.72. The van der Waals surface area contributed by atoms with Crippen molar-refractivity contribution in [3.63, 3.8) is 0 Å². The van der Waals surface area contributed by atoms with Crippen molar-refractivity contribution < 1.29 is 9.13 Å². The number of benzene rings is 1. The number of halogens is 2. The Morgan fingerprint density at radius 3 is 2.67 bits per heavy atom. The molecule has 1 N–H and O–H groups in total. The van der Waals surface area contributed by atoms with Crippen molar-refractivity contribution in [1.82, 2.24) is 4.98 Å². The van der Waals surface area contributed by atoms with Crippen molar-refractivity contribution in [2.24, 2.45) is 0 Å². The van der Waals surface area contributed by atoms with Gasteiger partial charge in [-0.25, -0.2) is 4.98 Å². The Morgan fingerprint density at radius 1 is 1.22 bits per heavy atom. The van der Waals surface area contributed by atoms with E-state index in [9.17, 15) is 4.39 Å². The van der Waals surface area contributed by atoms with Crippen LogP contribution in [-0.4, -0.2) is 12.1 Å². The largest absolute Gasteiger partial charge is 0.497 e. The summed E-state index contributed by atoms with van der Waals surface area (Å²) >= 11 is 6.07. The summed E-state index contributed by atoms with van der Waals surface area (Å²) in [4.78, 5) is 3.74. The predicted octanol–water partition coefficient (Wildman–Crippen LogP) is 3.93. The van der Waals surface area contributed by atoms with Crippen LogP contribution in [0.2, 0.25) is 5.02 Å². The molecular weight excluding hydrogens is 255 g/mol. The number of nitrogens with one attached hydrogen (secondary N) is 1. The molecule has 18 heavy (non-hydrogen) atoms. The van der Waals surface area contributed by atoms with Gasteiger partial charge in [0.05, 0.1) is 29.2 Å². The first kappa shape index (κ1) is 12.6. The summed E-state index contributed by atoms with van der Waals surface area (Å²) in [5, 5.41) is 3.66. The average Bonchev–Trinajstić information content (AvgIpc) is 2.35. The average molecular weight is 267 g/mol. The van der Waals surface area contributed by atoms with Crippen molar-refractivity contribution in [2.45, 2.75) is 6.92 Å². The van der Waals surface area contributed by atoms with Crippen LogP contribution in [0.15, 0.2) is 30.3 Å². The fourth-order valence-corrected chi connectivity index (χ4v) is 1.70. The second-order valence-electron chi connectivity index (χ2n) is 3.74. The number of methoxy groups -OCH3 is 1. The minimum absolute atomic E-state index is 0.505. The molecule has 1 heterocycles. The molecule has 2 aromatic rings. The van der Waals surface area contributed by atoms with Crippen molar-refractivity contribution in [1.29, 1.82) is 0 Å². The van der Waals surface area contributed by atoms with Gasteiger partial charge < -0.3 is 10.1 Å². The SMILES string of the molecule is COc1ccc(Cl)c(Nc2ccc(F)nc2C)c1. The van der Waals surface area contributed by atoms with Gasteiger partial charge in [-0.05, 0) is 31.2 Å². The Hall–Kier alpha value is -1.81. The second-order valence-corrected chi connectivity index (χ2v) is 4.14. The fourth-order valence-electron chi connectivity index (χ4n) is 1.53. The van der Waals surface area contributed by atoms with Crippen molar-refractivity contribution in [3.05, 3.63) is 47.0 Å². The van der Waals surface area contributed by atoms with Gasteiger partial charge >= 0.3 is 0 Å². The quantitative estimate of drug-likeness (QED) is 0.855. The van der Waals surface area contributed by atoms with Gasteiger partial charge in [-0.1, -0.05) is 11.6 Å². The number of aromatic nitrogens is 1. The van der Waals surface area contributed by atoms with Gasteiger partial charge in [0, 0.05) is 6.07 Å². The first-order valence-electron chi connectivity index (χ1n) is 5.34. The van der Waals surface area contributed by atoms with Gasteiger partial charge in [-0.3, -0.25) is 0 Å². The number of nitrogens with zero attached hydrogens (tertiary/aromatic N) is 1. The summed E-state index contributed by atoms with van der Waals surface area (Å²) < 4.78 is 18.0. The van der Waals surface area contributed by atoms with Crippen LogP contribution in [0, 0.1) is 12.9 Å². The van der Waals surface area contributed by atoms with Crippen LogP contribution in [0.25, 0.3) is 0 Å². The van der Waals surface area contributed by atoms with Gasteiger partial charge in [0.2, 0.25) is 5.95 Å². The van der Waals surface area contributed by atoms with Gasteiger partial charge in [-0.2, -0.15) is 4.39 Å². The molecule has 0 saturated carbocycles. The Morgan fingerprint density at radius 2 is 2.00 bits per heavy atom. The number of ether oxygens (including phenoxy) is 1. The molecule has 3 nitrogen and oxygen atoms in total. The molecule has 0 aliphatic carbocycles. The van der Waals surface area contributed by atoms with Crippen molar-refractivity contribution >= 4 is 23.0 Å². The van der Waals surface area contributed by atoms with Crippen LogP contribution >= 0.6 is 11.6 Å². The van der Waals surface area contributed by atoms with E-state index in [1.165, 1.54) is 6.07 Å². The van der Waals surface area contributed by atoms with Crippen molar-refractivity contribution in [3.8, 4) is 5.75 Å². The Bertz CT molecular complexity index is 575. The van der Waals surface area contributed by atoms with Crippen LogP contribution in [0.1, 0.15) is 5.69 Å². The number of aryl methyl sites for hydroxylation is 1. The first-order chi connectivity index (χ1) is 8.60. The summed E-state index contributed by atoms with van der Waals surface area (Å²) in [5.41, 5.74) is 1.95. The zero-order valence-corrected chi connectivity index (χ0v) is 10.8. The lowest BCUT2D eigenvalue weighted by molar-refractivity contribution is 0.415. The molecule has 0 bridgehead atoms. The molecule has 1 aromatic carbocycles. The summed E-state index contributed by atoms with van der Waals surface area (Å²) in [6.07, 6.45) is 0. The minimum atomic E-state index is -0.505. The van der Waals surface area contributed by atoms with Gasteiger partial charge in [-0.15, -0.1) is 0 Å². The van der Waals surface area contributed by atoms with E-state index in [2.05, 4.69) is 10.3 Å². The van der Waals surface area contributed by atoms with E-state index in [1.54, 1.807) is 38.3 Å². The highest BCUT2D eigenvalue weighted by Gasteiger charge is 2.06. The van der Waals surface area contributed by atoms with E-state index in [4.69, 9.17) is 16.3 Å². The third-order valence-corrected chi connectivity index (χ3v) is 2.82. The van der Waals surface area contributed by atoms with E-state index in [-0.39, 0.29) is 0 Å². The highest BCUT2D eigenvalue weighted by Crippen LogP contribution is 2.30. The van der Waals surface area contributed by atoms with E-state index < -0.39 is 5.95 Å². The standard InChI is InChI=1S/C13H12ClFN2O/c1-8-11(5-6-13(15)16-8)17-12-7-9(18-2)3-4-10(12)14/h3-7,17H,1-2H3. The Balaban J connectivity index is 2.33. The highest BCUT2D eigenvalue weighted by atomic mass is 35.5. The predicted molar refractivity (Wildman–Crippen MR) is 70.2 cm³/mol. The molecule has 0 radical (unpaired) electrons. The number of hydrogen-bond donors (Lipinski definition) is 1. The summed E-state index contributed by atoms with van der Waals surface area (Å²) in [6, 6.07) is 8.18. The molecule has 0 aliphatic rings. The maximum absolute atomic E-state index is 12.9. The van der Waals surface area contributed by atoms with Crippen LogP contribution in [0.3, 0.4) is 0 Å². The monoisotopic (exact) mass is 266 g/mol. The maximum atomic E-state index is 12.9. The van der Waals surface area contributed by atoms with Crippen LogP contribution in [0.4, 0.5) is 15.8 Å². The molecule has 0 aliphatic heterocycles. The molecule has 1 aromatic heterocycles. The molecule has 0 amide bonds. The van der Waals surface area contributed by atoms with Gasteiger partial charge in [0.1, 0.15) is 5.75 Å². The van der Waals surface area contributed by atoms with Crippen LogP contribution in [0.5, 0.6) is 5.75 Å². The molecule has 0 unspecified atom stereocenters. The molecule has 0 fully saturated rings. The lowest BCUT2D eigenvalue weighted by Gasteiger charge is -2.11. The van der Waals surface area contributed by atoms with E-state index in [0.29, 0.717) is 27.8 Å². The lowest BCUT2D eigenvalue weighted by Crippen LogP contribution is -1.97. The molecule has 2 rings (SSSR count). The summed E-state index contributed by atoms with van der Waals surface area (Å²) in [7, 11) is 1.58. The third-order valence-electron chi connectivity index (χ3n) is 2.49. The van der Waals surface area contributed by atoms with Gasteiger partial charge in [0.15, 0.2) is 0 Å². The fraction of sp³-hybridized carbons (Fsp3) is 0.154. The lowest BCUT2D eigenvalue weighted by atomic mass is 10.2. The molecule has 0 atom stereocenters. The molecular formula is C13H12ClFN2O. The van der Waals surface area contributed by atoms with Gasteiger partial charge in [0.25, 0.3) is 0 Å². The molecule has 94 valence electrons. The van der Waals surface area contributed by atoms with Crippen molar-refractivity contribution in [2.75, 3.05) is 12.4 Å². The zero-order chi connectivity index (χ0) is 13.1. The zero-order valence-electron chi connectivity index (χ0n) is 10.00. The van der Waals surface area contributed by atoms with E-state index >= 15 is 0 Å². The number of anilines is 2. The van der Waals surface area contributed by atoms with E-state index in [0.717, 1.165) is 0 Å². The molecule has 0 saturated heterocycles. The van der Waals surface area contributed by atoms with Crippen LogP contribution < -0.4 is 10.1 Å². The highest BCUT2D eigenvalue weighted by molar-refractivity contribution is 6.33. The van der Waals surface area contributed by atoms with Crippen LogP contribution in [-0.2, 0) is 0 Å². The summed E-state index contributed by atoms with van der Waals surface area (Å²) in [5.74, 6) is 0.185. The molecule has 5 heteroatoms. The van der Waals surface area contributed by atoms with E-state index in [1.807, 2.05) is 0 Å². The number of rotatable bonds is 3. The maximum Gasteiger partial charge on any atom is 0.213 e.